The van der Waals surface area contributed by atoms with Gasteiger partial charge in [-0.3, -0.25) is 0 Å². The average molecular weight is 265 g/mol. The normalized spacial score (nSPS) is 10.4. The van der Waals surface area contributed by atoms with E-state index in [2.05, 4.69) is 10.3 Å². The molecule has 0 aliphatic heterocycles. The van der Waals surface area contributed by atoms with Crippen molar-refractivity contribution in [2.45, 2.75) is 13.5 Å². The number of hydrogen-bond donors (Lipinski definition) is 1. The lowest BCUT2D eigenvalue weighted by molar-refractivity contribution is 0.0690. The molecule has 0 atom stereocenters. The second kappa shape index (κ2) is 5.47. The molecule has 100 valence electrons. The lowest BCUT2D eigenvalue weighted by Gasteiger charge is -2.06. The quantitative estimate of drug-likeness (QED) is 0.886. The SMILES string of the molecule is Cc1ccc(OCCn2cc(C(=O)O)nn2)cc1F. The molecule has 1 N–H and O–H groups in total. The summed E-state index contributed by atoms with van der Waals surface area (Å²) in [4.78, 5) is 10.6. The van der Waals surface area contributed by atoms with Crippen molar-refractivity contribution in [3.63, 3.8) is 0 Å². The van der Waals surface area contributed by atoms with Gasteiger partial charge in [0.05, 0.1) is 12.7 Å². The van der Waals surface area contributed by atoms with Crippen LogP contribution in [0, 0.1) is 12.7 Å². The lowest BCUT2D eigenvalue weighted by Crippen LogP contribution is -2.09. The Bertz CT molecular complexity index is 598. The molecule has 0 saturated heterocycles. The monoisotopic (exact) mass is 265 g/mol. The zero-order chi connectivity index (χ0) is 13.8. The molecule has 1 aromatic carbocycles. The first-order valence-corrected chi connectivity index (χ1v) is 5.58. The van der Waals surface area contributed by atoms with Crippen LogP contribution in [0.3, 0.4) is 0 Å². The predicted octanol–water partition coefficient (Wildman–Crippen LogP) is 1.50. The van der Waals surface area contributed by atoms with Gasteiger partial charge < -0.3 is 9.84 Å². The number of carboxylic acids is 1. The van der Waals surface area contributed by atoms with Gasteiger partial charge in [0, 0.05) is 6.07 Å². The molecule has 0 saturated carbocycles. The van der Waals surface area contributed by atoms with Crippen LogP contribution in [0.1, 0.15) is 16.1 Å². The van der Waals surface area contributed by atoms with Gasteiger partial charge in [0.1, 0.15) is 18.2 Å². The third-order valence-corrected chi connectivity index (χ3v) is 2.49. The highest BCUT2D eigenvalue weighted by Gasteiger charge is 2.08. The van der Waals surface area contributed by atoms with Crippen molar-refractivity contribution in [1.82, 2.24) is 15.0 Å². The number of carbonyl (C=O) groups is 1. The van der Waals surface area contributed by atoms with Crippen LogP contribution in [0.2, 0.25) is 0 Å². The number of nitrogens with zero attached hydrogens (tertiary/aromatic N) is 3. The largest absolute Gasteiger partial charge is 0.492 e. The predicted molar refractivity (Wildman–Crippen MR) is 63.6 cm³/mol. The van der Waals surface area contributed by atoms with Gasteiger partial charge in [0.25, 0.3) is 0 Å². The fraction of sp³-hybridized carbons (Fsp3) is 0.250. The minimum atomic E-state index is -1.13. The molecule has 1 heterocycles. The highest BCUT2D eigenvalue weighted by molar-refractivity contribution is 5.84. The first kappa shape index (κ1) is 13.0. The third kappa shape index (κ3) is 3.27. The number of hydrogen-bond acceptors (Lipinski definition) is 4. The van der Waals surface area contributed by atoms with E-state index in [0.29, 0.717) is 17.9 Å². The van der Waals surface area contributed by atoms with Gasteiger partial charge in [0.15, 0.2) is 5.69 Å². The van der Waals surface area contributed by atoms with E-state index in [-0.39, 0.29) is 18.1 Å². The maximum Gasteiger partial charge on any atom is 0.358 e. The number of aryl methyl sites for hydroxylation is 1. The van der Waals surface area contributed by atoms with Gasteiger partial charge in [-0.15, -0.1) is 5.10 Å². The second-order valence-corrected chi connectivity index (χ2v) is 3.93. The van der Waals surface area contributed by atoms with Crippen molar-refractivity contribution >= 4 is 5.97 Å². The highest BCUT2D eigenvalue weighted by atomic mass is 19.1. The molecule has 7 heteroatoms. The van der Waals surface area contributed by atoms with Gasteiger partial charge in [-0.05, 0) is 18.6 Å². The van der Waals surface area contributed by atoms with Crippen LogP contribution >= 0.6 is 0 Å². The molecule has 1 aromatic heterocycles. The topological polar surface area (TPSA) is 77.2 Å². The Balaban J connectivity index is 1.88. The Morgan fingerprint density at radius 3 is 2.95 bits per heavy atom. The number of aromatic nitrogens is 3. The Morgan fingerprint density at radius 2 is 2.32 bits per heavy atom. The van der Waals surface area contributed by atoms with E-state index in [1.165, 1.54) is 16.9 Å². The lowest BCUT2D eigenvalue weighted by atomic mass is 10.2. The number of carboxylic acid groups (broad SMARTS) is 1. The van der Waals surface area contributed by atoms with E-state index in [4.69, 9.17) is 9.84 Å². The molecule has 0 unspecified atom stereocenters. The van der Waals surface area contributed by atoms with E-state index in [1.807, 2.05) is 0 Å². The zero-order valence-electron chi connectivity index (χ0n) is 10.2. The van der Waals surface area contributed by atoms with Crippen molar-refractivity contribution in [3.8, 4) is 5.75 Å². The minimum Gasteiger partial charge on any atom is -0.492 e. The molecular weight excluding hydrogens is 253 g/mol. The molecule has 6 nitrogen and oxygen atoms in total. The molecule has 2 rings (SSSR count). The van der Waals surface area contributed by atoms with Crippen LogP contribution in [0.4, 0.5) is 4.39 Å². The van der Waals surface area contributed by atoms with Crippen LogP contribution in [0.25, 0.3) is 0 Å². The van der Waals surface area contributed by atoms with Crippen molar-refractivity contribution in [3.05, 3.63) is 41.5 Å². The summed E-state index contributed by atoms with van der Waals surface area (Å²) in [5.74, 6) is -1.04. The minimum absolute atomic E-state index is 0.124. The molecule has 0 bridgehead atoms. The molecule has 0 spiro atoms. The Hall–Kier alpha value is -2.44. The van der Waals surface area contributed by atoms with Gasteiger partial charge in [-0.25, -0.2) is 13.9 Å². The Kier molecular flexibility index (Phi) is 3.74. The zero-order valence-corrected chi connectivity index (χ0v) is 10.2. The van der Waals surface area contributed by atoms with Gasteiger partial charge in [-0.2, -0.15) is 0 Å². The summed E-state index contributed by atoms with van der Waals surface area (Å²) in [5, 5.41) is 15.8. The van der Waals surface area contributed by atoms with Crippen LogP contribution in [-0.4, -0.2) is 32.7 Å². The number of ether oxygens (including phenoxy) is 1. The second-order valence-electron chi connectivity index (χ2n) is 3.93. The maximum absolute atomic E-state index is 13.2. The summed E-state index contributed by atoms with van der Waals surface area (Å²) < 4.78 is 19.9. The molecule has 0 fully saturated rings. The fourth-order valence-electron chi connectivity index (χ4n) is 1.43. The van der Waals surface area contributed by atoms with Gasteiger partial charge in [0.2, 0.25) is 0 Å². The maximum atomic E-state index is 13.2. The first-order valence-electron chi connectivity index (χ1n) is 5.58. The Morgan fingerprint density at radius 1 is 1.53 bits per heavy atom. The third-order valence-electron chi connectivity index (χ3n) is 2.49. The molecule has 0 aliphatic carbocycles. The van der Waals surface area contributed by atoms with Crippen LogP contribution in [-0.2, 0) is 6.54 Å². The summed E-state index contributed by atoms with van der Waals surface area (Å²) in [6, 6.07) is 4.60. The standard InChI is InChI=1S/C12H12FN3O3/c1-8-2-3-9(6-10(8)13)19-5-4-16-7-11(12(17)18)14-15-16/h2-3,6-7H,4-5H2,1H3,(H,17,18). The molecule has 0 amide bonds. The first-order chi connectivity index (χ1) is 9.06. The number of benzene rings is 1. The van der Waals surface area contributed by atoms with Crippen molar-refractivity contribution < 1.29 is 19.0 Å². The molecule has 0 aliphatic rings. The molecule has 2 aromatic rings. The molecule has 0 radical (unpaired) electrons. The van der Waals surface area contributed by atoms with Crippen molar-refractivity contribution in [2.24, 2.45) is 0 Å². The number of rotatable bonds is 5. The highest BCUT2D eigenvalue weighted by Crippen LogP contribution is 2.15. The summed E-state index contributed by atoms with van der Waals surface area (Å²) in [5.41, 5.74) is 0.427. The number of halogens is 1. The van der Waals surface area contributed by atoms with E-state index >= 15 is 0 Å². The summed E-state index contributed by atoms with van der Waals surface area (Å²) >= 11 is 0. The average Bonchev–Trinajstić information content (AvgIpc) is 2.83. The van der Waals surface area contributed by atoms with Gasteiger partial charge in [-0.1, -0.05) is 11.3 Å². The van der Waals surface area contributed by atoms with E-state index in [9.17, 15) is 9.18 Å². The van der Waals surface area contributed by atoms with Crippen molar-refractivity contribution in [2.75, 3.05) is 6.61 Å². The molecular formula is C12H12FN3O3. The summed E-state index contributed by atoms with van der Waals surface area (Å²) in [6.07, 6.45) is 1.31. The van der Waals surface area contributed by atoms with Gasteiger partial charge >= 0.3 is 5.97 Å². The Labute approximate surface area is 108 Å². The summed E-state index contributed by atoms with van der Waals surface area (Å²) in [7, 11) is 0. The van der Waals surface area contributed by atoms with Crippen LogP contribution in [0.15, 0.2) is 24.4 Å². The van der Waals surface area contributed by atoms with E-state index in [1.54, 1.807) is 19.1 Å². The van der Waals surface area contributed by atoms with E-state index < -0.39 is 5.97 Å². The van der Waals surface area contributed by atoms with Crippen LogP contribution in [0.5, 0.6) is 5.75 Å². The fourth-order valence-corrected chi connectivity index (χ4v) is 1.43. The van der Waals surface area contributed by atoms with Crippen molar-refractivity contribution in [1.29, 1.82) is 0 Å². The van der Waals surface area contributed by atoms with Crippen LogP contribution < -0.4 is 4.74 Å². The van der Waals surface area contributed by atoms with E-state index in [0.717, 1.165) is 0 Å². The number of aromatic carboxylic acids is 1. The smallest absolute Gasteiger partial charge is 0.358 e. The summed E-state index contributed by atoms with van der Waals surface area (Å²) in [6.45, 7) is 2.24. The molecule has 19 heavy (non-hydrogen) atoms.